The molecule has 0 fully saturated rings. The van der Waals surface area contributed by atoms with Gasteiger partial charge in [0.2, 0.25) is 10.0 Å². The number of carbonyl (C=O) groups excluding carboxylic acids is 1. The van der Waals surface area contributed by atoms with Crippen molar-refractivity contribution in [2.45, 2.75) is 31.6 Å². The predicted molar refractivity (Wildman–Crippen MR) is 142 cm³/mol. The lowest BCUT2D eigenvalue weighted by molar-refractivity contribution is 0.252. The van der Waals surface area contributed by atoms with E-state index in [0.29, 0.717) is 19.4 Å². The zero-order chi connectivity index (χ0) is 25.7. The Morgan fingerprint density at radius 2 is 1.67 bits per heavy atom. The third-order valence-corrected chi connectivity index (χ3v) is 6.62. The first-order valence-electron chi connectivity index (χ1n) is 11.6. The molecule has 0 bridgehead atoms. The summed E-state index contributed by atoms with van der Waals surface area (Å²) in [7, 11) is -3.78. The maximum Gasteiger partial charge on any atom is 0.319 e. The smallest absolute Gasteiger partial charge is 0.319 e. The van der Waals surface area contributed by atoms with Crippen LogP contribution in [0.25, 0.3) is 16.9 Å². The van der Waals surface area contributed by atoms with Crippen LogP contribution in [0.3, 0.4) is 0 Å². The molecule has 2 amide bonds. The van der Waals surface area contributed by atoms with Gasteiger partial charge in [0.15, 0.2) is 0 Å². The molecule has 9 heteroatoms. The summed E-state index contributed by atoms with van der Waals surface area (Å²) in [4.78, 5) is 12.2. The molecule has 186 valence electrons. The summed E-state index contributed by atoms with van der Waals surface area (Å²) in [6, 6.07) is 23.9. The van der Waals surface area contributed by atoms with E-state index in [1.165, 1.54) is 12.1 Å². The fourth-order valence-electron chi connectivity index (χ4n) is 3.83. The molecular formula is C27H29N5O3S. The van der Waals surface area contributed by atoms with E-state index in [1.807, 2.05) is 68.4 Å². The van der Waals surface area contributed by atoms with Gasteiger partial charge >= 0.3 is 6.03 Å². The second-order valence-electron chi connectivity index (χ2n) is 8.69. The molecule has 4 N–H and O–H groups in total. The van der Waals surface area contributed by atoms with Crippen LogP contribution in [0.4, 0.5) is 10.5 Å². The number of amides is 2. The minimum absolute atomic E-state index is 0.0468. The normalized spacial score (nSPS) is 11.3. The number of primary sulfonamides is 1. The molecule has 0 aliphatic rings. The third kappa shape index (κ3) is 6.38. The summed E-state index contributed by atoms with van der Waals surface area (Å²) in [6.45, 7) is 4.50. The molecule has 8 nitrogen and oxygen atoms in total. The van der Waals surface area contributed by atoms with Gasteiger partial charge in [0, 0.05) is 17.8 Å². The molecule has 0 radical (unpaired) electrons. The van der Waals surface area contributed by atoms with Crippen molar-refractivity contribution in [3.8, 4) is 16.9 Å². The van der Waals surface area contributed by atoms with Crippen LogP contribution in [0.5, 0.6) is 0 Å². The largest absolute Gasteiger partial charge is 0.338 e. The summed E-state index contributed by atoms with van der Waals surface area (Å²) in [5.74, 6) is 0. The van der Waals surface area contributed by atoms with Gasteiger partial charge in [-0.15, -0.1) is 0 Å². The number of hydrogen-bond donors (Lipinski definition) is 3. The molecule has 0 atom stereocenters. The number of aromatic nitrogens is 2. The Balaban J connectivity index is 1.47. The first kappa shape index (κ1) is 25.2. The summed E-state index contributed by atoms with van der Waals surface area (Å²) < 4.78 is 25.1. The number of carbonyl (C=O) groups is 1. The van der Waals surface area contributed by atoms with E-state index in [9.17, 15) is 13.2 Å². The molecule has 0 aliphatic heterocycles. The van der Waals surface area contributed by atoms with Crippen LogP contribution in [-0.2, 0) is 16.4 Å². The number of nitrogens with zero attached hydrogens (tertiary/aromatic N) is 2. The standard InChI is InChI=1S/C27H29N5O3S/c1-19-8-10-21(11-9-19)26-18-23(31-32(26)24-12-14-25(15-13-24)36(28,34)35)7-4-16-29-27(33)30-22-6-3-5-20(2)17-22/h3,5-6,8-15,17-18H,4,7,16H2,1-2H3,(H2,28,34,35)(H2,29,30,33). The van der Waals surface area contributed by atoms with E-state index in [4.69, 9.17) is 10.2 Å². The van der Waals surface area contributed by atoms with Gasteiger partial charge in [0.05, 0.1) is 22.0 Å². The average Bonchev–Trinajstić information content (AvgIpc) is 3.26. The van der Waals surface area contributed by atoms with Crippen LogP contribution in [0, 0.1) is 13.8 Å². The Labute approximate surface area is 211 Å². The van der Waals surface area contributed by atoms with Crippen molar-refractivity contribution in [2.75, 3.05) is 11.9 Å². The number of sulfonamides is 1. The highest BCUT2D eigenvalue weighted by molar-refractivity contribution is 7.89. The van der Waals surface area contributed by atoms with Crippen LogP contribution < -0.4 is 15.8 Å². The van der Waals surface area contributed by atoms with Gasteiger partial charge < -0.3 is 10.6 Å². The molecule has 3 aromatic carbocycles. The minimum Gasteiger partial charge on any atom is -0.338 e. The molecule has 0 spiro atoms. The van der Waals surface area contributed by atoms with E-state index >= 15 is 0 Å². The summed E-state index contributed by atoms with van der Waals surface area (Å²) in [5.41, 5.74) is 6.44. The lowest BCUT2D eigenvalue weighted by atomic mass is 10.1. The second-order valence-corrected chi connectivity index (χ2v) is 10.3. The van der Waals surface area contributed by atoms with Crippen molar-refractivity contribution in [1.29, 1.82) is 0 Å². The molecule has 0 saturated carbocycles. The van der Waals surface area contributed by atoms with Crippen molar-refractivity contribution in [2.24, 2.45) is 5.14 Å². The average molecular weight is 504 g/mol. The molecule has 4 aromatic rings. The van der Waals surface area contributed by atoms with Gasteiger partial charge in [0.1, 0.15) is 0 Å². The van der Waals surface area contributed by atoms with E-state index < -0.39 is 10.0 Å². The minimum atomic E-state index is -3.78. The van der Waals surface area contributed by atoms with E-state index in [-0.39, 0.29) is 10.9 Å². The van der Waals surface area contributed by atoms with Gasteiger partial charge in [-0.2, -0.15) is 5.10 Å². The van der Waals surface area contributed by atoms with Crippen LogP contribution in [0.2, 0.25) is 0 Å². The number of aryl methyl sites for hydroxylation is 3. The third-order valence-electron chi connectivity index (χ3n) is 5.69. The van der Waals surface area contributed by atoms with E-state index in [1.54, 1.807) is 16.8 Å². The van der Waals surface area contributed by atoms with Gasteiger partial charge in [0.25, 0.3) is 0 Å². The number of hydrogen-bond acceptors (Lipinski definition) is 4. The lowest BCUT2D eigenvalue weighted by Crippen LogP contribution is -2.29. The second kappa shape index (κ2) is 10.8. The van der Waals surface area contributed by atoms with E-state index in [0.717, 1.165) is 39.5 Å². The maximum atomic E-state index is 12.2. The zero-order valence-corrected chi connectivity index (χ0v) is 21.0. The molecule has 4 rings (SSSR count). The van der Waals surface area contributed by atoms with Gasteiger partial charge in [-0.05, 0) is 74.7 Å². The van der Waals surface area contributed by atoms with Gasteiger partial charge in [-0.25, -0.2) is 23.0 Å². The Hall–Kier alpha value is -3.95. The summed E-state index contributed by atoms with van der Waals surface area (Å²) >= 11 is 0. The highest BCUT2D eigenvalue weighted by Crippen LogP contribution is 2.25. The number of anilines is 1. The van der Waals surface area contributed by atoms with Crippen molar-refractivity contribution in [3.05, 3.63) is 95.7 Å². The van der Waals surface area contributed by atoms with Crippen LogP contribution >= 0.6 is 0 Å². The molecular weight excluding hydrogens is 474 g/mol. The van der Waals surface area contributed by atoms with Gasteiger partial charge in [-0.1, -0.05) is 42.0 Å². The molecule has 1 heterocycles. The number of benzene rings is 3. The SMILES string of the molecule is Cc1ccc(-c2cc(CCCNC(=O)Nc3cccc(C)c3)nn2-c2ccc(S(N)(=O)=O)cc2)cc1. The summed E-state index contributed by atoms with van der Waals surface area (Å²) in [6.07, 6.45) is 1.36. The quantitative estimate of drug-likeness (QED) is 0.305. The first-order chi connectivity index (χ1) is 17.2. The maximum absolute atomic E-state index is 12.2. The Kier molecular flexibility index (Phi) is 7.52. The van der Waals surface area contributed by atoms with Crippen molar-refractivity contribution >= 4 is 21.7 Å². The first-order valence-corrected chi connectivity index (χ1v) is 13.1. The monoisotopic (exact) mass is 503 g/mol. The molecule has 0 unspecified atom stereocenters. The Morgan fingerprint density at radius 1 is 0.944 bits per heavy atom. The molecule has 36 heavy (non-hydrogen) atoms. The van der Waals surface area contributed by atoms with Crippen LogP contribution in [0.15, 0.2) is 83.8 Å². The number of rotatable bonds is 8. The highest BCUT2D eigenvalue weighted by atomic mass is 32.2. The predicted octanol–water partition coefficient (Wildman–Crippen LogP) is 4.56. The Bertz CT molecular complexity index is 1460. The fourth-order valence-corrected chi connectivity index (χ4v) is 4.34. The molecule has 0 saturated heterocycles. The lowest BCUT2D eigenvalue weighted by Gasteiger charge is -2.09. The zero-order valence-electron chi connectivity index (χ0n) is 20.2. The molecule has 0 aliphatic carbocycles. The number of nitrogens with one attached hydrogen (secondary N) is 2. The Morgan fingerprint density at radius 3 is 2.33 bits per heavy atom. The highest BCUT2D eigenvalue weighted by Gasteiger charge is 2.14. The van der Waals surface area contributed by atoms with Crippen molar-refractivity contribution in [1.82, 2.24) is 15.1 Å². The number of nitrogens with two attached hydrogens (primary N) is 1. The fraction of sp³-hybridized carbons (Fsp3) is 0.185. The summed E-state index contributed by atoms with van der Waals surface area (Å²) in [5, 5.41) is 15.7. The topological polar surface area (TPSA) is 119 Å². The number of urea groups is 1. The van der Waals surface area contributed by atoms with Crippen molar-refractivity contribution < 1.29 is 13.2 Å². The van der Waals surface area contributed by atoms with Gasteiger partial charge in [-0.3, -0.25) is 0 Å². The van der Waals surface area contributed by atoms with Crippen molar-refractivity contribution in [3.63, 3.8) is 0 Å². The molecule has 1 aromatic heterocycles. The van der Waals surface area contributed by atoms with Crippen LogP contribution in [0.1, 0.15) is 23.2 Å². The van der Waals surface area contributed by atoms with Crippen LogP contribution in [-0.4, -0.2) is 30.8 Å². The van der Waals surface area contributed by atoms with E-state index in [2.05, 4.69) is 10.6 Å².